The van der Waals surface area contributed by atoms with Gasteiger partial charge in [0.25, 0.3) is 0 Å². The Morgan fingerprint density at radius 3 is 2.50 bits per heavy atom. The van der Waals surface area contributed by atoms with Crippen molar-refractivity contribution in [1.82, 2.24) is 10.3 Å². The Hall–Kier alpha value is -0.460. The Morgan fingerprint density at radius 1 is 1.40 bits per heavy atom. The number of halogens is 1. The summed E-state index contributed by atoms with van der Waals surface area (Å²) in [6.07, 6.45) is 4.58. The van der Waals surface area contributed by atoms with Crippen molar-refractivity contribution in [3.8, 4) is 0 Å². The molecule has 114 valence electrons. The van der Waals surface area contributed by atoms with Gasteiger partial charge in [-0.1, -0.05) is 6.92 Å². The van der Waals surface area contributed by atoms with Gasteiger partial charge in [0.15, 0.2) is 9.84 Å². The van der Waals surface area contributed by atoms with E-state index in [1.165, 1.54) is 6.26 Å². The maximum absolute atomic E-state index is 12.0. The van der Waals surface area contributed by atoms with Crippen molar-refractivity contribution in [2.75, 3.05) is 12.8 Å². The van der Waals surface area contributed by atoms with Crippen LogP contribution in [0.15, 0.2) is 22.8 Å². The molecule has 6 heteroatoms. The van der Waals surface area contributed by atoms with Crippen LogP contribution in [0, 0.1) is 0 Å². The van der Waals surface area contributed by atoms with Gasteiger partial charge < -0.3 is 5.32 Å². The first-order valence-corrected chi connectivity index (χ1v) is 9.40. The Balaban J connectivity index is 2.98. The summed E-state index contributed by atoms with van der Waals surface area (Å²) in [7, 11) is -3.16. The molecule has 0 radical (unpaired) electrons. The van der Waals surface area contributed by atoms with Gasteiger partial charge in [-0.15, -0.1) is 0 Å². The quantitative estimate of drug-likeness (QED) is 0.809. The summed E-state index contributed by atoms with van der Waals surface area (Å²) in [5.41, 5.74) is 0.888. The monoisotopic (exact) mass is 362 g/mol. The number of aromatic nitrogens is 1. The van der Waals surface area contributed by atoms with Crippen LogP contribution in [0.25, 0.3) is 0 Å². The zero-order chi connectivity index (χ0) is 15.4. The standard InChI is InChI=1S/C14H23BrN2O2S/c1-5-8-16-13(14(2,3)20(4,18)19)9-12-7-6-11(15)10-17-12/h6-7,10,13,16H,5,8-9H2,1-4H3. The molecule has 1 N–H and O–H groups in total. The second-order valence-electron chi connectivity index (χ2n) is 5.55. The number of pyridine rings is 1. The number of hydrogen-bond donors (Lipinski definition) is 1. The van der Waals surface area contributed by atoms with Crippen molar-refractivity contribution in [2.45, 2.75) is 44.4 Å². The predicted octanol–water partition coefficient (Wildman–Crippen LogP) is 2.58. The molecule has 0 fully saturated rings. The fourth-order valence-electron chi connectivity index (χ4n) is 1.88. The molecule has 0 aliphatic heterocycles. The number of nitrogens with one attached hydrogen (secondary N) is 1. The molecule has 1 aromatic heterocycles. The number of nitrogens with zero attached hydrogens (tertiary/aromatic N) is 1. The Labute approximate surface area is 130 Å². The molecule has 4 nitrogen and oxygen atoms in total. The zero-order valence-electron chi connectivity index (χ0n) is 12.5. The molecule has 0 spiro atoms. The van der Waals surface area contributed by atoms with Crippen LogP contribution < -0.4 is 5.32 Å². The van der Waals surface area contributed by atoms with E-state index in [0.717, 1.165) is 23.1 Å². The van der Waals surface area contributed by atoms with Crippen molar-refractivity contribution in [1.29, 1.82) is 0 Å². The third-order valence-electron chi connectivity index (χ3n) is 3.64. The summed E-state index contributed by atoms with van der Waals surface area (Å²) in [5, 5.41) is 3.35. The topological polar surface area (TPSA) is 59.1 Å². The van der Waals surface area contributed by atoms with E-state index in [1.807, 2.05) is 12.1 Å². The lowest BCUT2D eigenvalue weighted by molar-refractivity contribution is 0.403. The molecule has 20 heavy (non-hydrogen) atoms. The number of sulfone groups is 1. The van der Waals surface area contributed by atoms with Gasteiger partial charge in [0.2, 0.25) is 0 Å². The number of hydrogen-bond acceptors (Lipinski definition) is 4. The van der Waals surface area contributed by atoms with Crippen LogP contribution in [0.1, 0.15) is 32.9 Å². The molecule has 0 saturated carbocycles. The average Bonchev–Trinajstić information content (AvgIpc) is 2.35. The van der Waals surface area contributed by atoms with E-state index in [9.17, 15) is 8.42 Å². The SMILES string of the molecule is CCCNC(Cc1ccc(Br)cn1)C(C)(C)S(C)(=O)=O. The second-order valence-corrected chi connectivity index (χ2v) is 9.07. The highest BCUT2D eigenvalue weighted by Gasteiger charge is 2.38. The third-order valence-corrected chi connectivity index (χ3v) is 6.30. The summed E-state index contributed by atoms with van der Waals surface area (Å²) in [4.78, 5) is 4.34. The van der Waals surface area contributed by atoms with Crippen LogP contribution in [0.4, 0.5) is 0 Å². The minimum absolute atomic E-state index is 0.161. The van der Waals surface area contributed by atoms with Crippen LogP contribution in [0.3, 0.4) is 0 Å². The van der Waals surface area contributed by atoms with E-state index in [0.29, 0.717) is 6.42 Å². The minimum atomic E-state index is -3.16. The predicted molar refractivity (Wildman–Crippen MR) is 86.6 cm³/mol. The van der Waals surface area contributed by atoms with Gasteiger partial charge in [-0.2, -0.15) is 0 Å². The van der Waals surface area contributed by atoms with E-state index in [1.54, 1.807) is 20.0 Å². The van der Waals surface area contributed by atoms with E-state index < -0.39 is 14.6 Å². The van der Waals surface area contributed by atoms with E-state index in [-0.39, 0.29) is 6.04 Å². The van der Waals surface area contributed by atoms with E-state index >= 15 is 0 Å². The molecular weight excluding hydrogens is 340 g/mol. The molecule has 0 bridgehead atoms. The third kappa shape index (κ3) is 4.53. The highest BCUT2D eigenvalue weighted by molar-refractivity contribution is 9.10. The van der Waals surface area contributed by atoms with Crippen LogP contribution in [0.5, 0.6) is 0 Å². The molecule has 0 saturated heterocycles. The fraction of sp³-hybridized carbons (Fsp3) is 0.643. The molecular formula is C14H23BrN2O2S. The van der Waals surface area contributed by atoms with Crippen LogP contribution in [0.2, 0.25) is 0 Å². The van der Waals surface area contributed by atoms with E-state index in [2.05, 4.69) is 33.2 Å². The Morgan fingerprint density at radius 2 is 2.05 bits per heavy atom. The van der Waals surface area contributed by atoms with Gasteiger partial charge in [0.1, 0.15) is 0 Å². The lowest BCUT2D eigenvalue weighted by Gasteiger charge is -2.33. The van der Waals surface area contributed by atoms with Crippen LogP contribution >= 0.6 is 15.9 Å². The van der Waals surface area contributed by atoms with Gasteiger partial charge in [-0.25, -0.2) is 8.42 Å². The second kappa shape index (κ2) is 7.00. The zero-order valence-corrected chi connectivity index (χ0v) is 14.9. The summed E-state index contributed by atoms with van der Waals surface area (Å²) in [5.74, 6) is 0. The lowest BCUT2D eigenvalue weighted by atomic mass is 9.97. The van der Waals surface area contributed by atoms with Crippen LogP contribution in [-0.4, -0.2) is 37.0 Å². The largest absolute Gasteiger partial charge is 0.312 e. The average molecular weight is 363 g/mol. The van der Waals surface area contributed by atoms with E-state index in [4.69, 9.17) is 0 Å². The number of rotatable bonds is 7. The first-order chi connectivity index (χ1) is 9.18. The first-order valence-electron chi connectivity index (χ1n) is 6.72. The van der Waals surface area contributed by atoms with Crippen molar-refractivity contribution in [3.05, 3.63) is 28.5 Å². The molecule has 0 amide bonds. The van der Waals surface area contributed by atoms with Gasteiger partial charge in [0, 0.05) is 35.1 Å². The maximum Gasteiger partial charge on any atom is 0.154 e. The van der Waals surface area contributed by atoms with Crippen molar-refractivity contribution >= 4 is 25.8 Å². The summed E-state index contributed by atoms with van der Waals surface area (Å²) < 4.78 is 24.1. The summed E-state index contributed by atoms with van der Waals surface area (Å²) in [6, 6.07) is 3.68. The summed E-state index contributed by atoms with van der Waals surface area (Å²) >= 11 is 3.35. The Bertz CT molecular complexity index is 527. The highest BCUT2D eigenvalue weighted by atomic mass is 79.9. The molecule has 1 rings (SSSR count). The lowest BCUT2D eigenvalue weighted by Crippen LogP contribution is -2.53. The van der Waals surface area contributed by atoms with Crippen LogP contribution in [-0.2, 0) is 16.3 Å². The molecule has 0 aromatic carbocycles. The molecule has 1 heterocycles. The summed E-state index contributed by atoms with van der Waals surface area (Å²) in [6.45, 7) is 6.40. The molecule has 1 unspecified atom stereocenters. The first kappa shape index (κ1) is 17.6. The molecule has 1 aromatic rings. The van der Waals surface area contributed by atoms with Gasteiger partial charge in [0.05, 0.1) is 4.75 Å². The molecule has 0 aliphatic rings. The maximum atomic E-state index is 12.0. The fourth-order valence-corrected chi connectivity index (χ4v) is 2.80. The van der Waals surface area contributed by atoms with Crippen molar-refractivity contribution < 1.29 is 8.42 Å². The van der Waals surface area contributed by atoms with Crippen molar-refractivity contribution in [2.24, 2.45) is 0 Å². The Kier molecular flexibility index (Phi) is 6.16. The highest BCUT2D eigenvalue weighted by Crippen LogP contribution is 2.23. The smallest absolute Gasteiger partial charge is 0.154 e. The van der Waals surface area contributed by atoms with Gasteiger partial charge >= 0.3 is 0 Å². The normalized spacial score (nSPS) is 14.2. The molecule has 0 aliphatic carbocycles. The van der Waals surface area contributed by atoms with Crippen molar-refractivity contribution in [3.63, 3.8) is 0 Å². The van der Waals surface area contributed by atoms with Gasteiger partial charge in [-0.3, -0.25) is 4.98 Å². The molecule has 1 atom stereocenters. The minimum Gasteiger partial charge on any atom is -0.312 e. The van der Waals surface area contributed by atoms with Gasteiger partial charge in [-0.05, 0) is 54.9 Å².